The Morgan fingerprint density at radius 1 is 1.08 bits per heavy atom. The summed E-state index contributed by atoms with van der Waals surface area (Å²) in [5.41, 5.74) is 0.694. The number of hydrogen-bond donors (Lipinski definition) is 0. The molecule has 0 spiro atoms. The number of hydroxylamine groups is 2. The predicted octanol–water partition coefficient (Wildman–Crippen LogP) is 2.23. The van der Waals surface area contributed by atoms with E-state index >= 15 is 0 Å². The Bertz CT molecular complexity index is 652. The van der Waals surface area contributed by atoms with E-state index in [-0.39, 0.29) is 30.6 Å². The fourth-order valence-electron chi connectivity index (χ4n) is 4.56. The van der Waals surface area contributed by atoms with Crippen molar-refractivity contribution in [2.75, 3.05) is 6.61 Å². The number of hydrogen-bond acceptors (Lipinski definition) is 6. The SMILES string of the molecule is CC1(C)O[C@H]2O[C@@H]3[C@@H]4C[C@H](CO[C@]3(C)[C@H]2O1)ON4Cc1ccccc1. The van der Waals surface area contributed by atoms with Gasteiger partial charge in [0.15, 0.2) is 12.1 Å². The minimum Gasteiger partial charge on any atom is -0.367 e. The molecule has 0 aliphatic carbocycles. The third kappa shape index (κ3) is 2.55. The topological polar surface area (TPSA) is 49.4 Å². The molecule has 6 heteroatoms. The van der Waals surface area contributed by atoms with Crippen LogP contribution in [0.15, 0.2) is 30.3 Å². The van der Waals surface area contributed by atoms with Gasteiger partial charge in [-0.3, -0.25) is 4.84 Å². The Morgan fingerprint density at radius 2 is 1.88 bits per heavy atom. The molecular formula is C19H25NO5. The van der Waals surface area contributed by atoms with Gasteiger partial charge in [-0.1, -0.05) is 30.3 Å². The van der Waals surface area contributed by atoms with Crippen LogP contribution in [-0.2, 0) is 30.3 Å². The molecule has 6 atom stereocenters. The van der Waals surface area contributed by atoms with Crippen molar-refractivity contribution in [2.45, 2.75) is 75.8 Å². The molecule has 0 saturated carbocycles. The Balaban J connectivity index is 1.41. The van der Waals surface area contributed by atoms with Crippen LogP contribution >= 0.6 is 0 Å². The molecule has 0 amide bonds. The van der Waals surface area contributed by atoms with Crippen molar-refractivity contribution in [2.24, 2.45) is 0 Å². The quantitative estimate of drug-likeness (QED) is 0.818. The van der Waals surface area contributed by atoms with Crippen LogP contribution in [0.5, 0.6) is 0 Å². The third-order valence-electron chi connectivity index (χ3n) is 5.74. The molecule has 4 fully saturated rings. The van der Waals surface area contributed by atoms with Crippen LogP contribution in [0.2, 0.25) is 0 Å². The van der Waals surface area contributed by atoms with Gasteiger partial charge in [0.2, 0.25) is 0 Å². The normalized spacial score (nSPS) is 45.2. The van der Waals surface area contributed by atoms with Gasteiger partial charge in [-0.2, -0.15) is 5.06 Å². The first-order valence-electron chi connectivity index (χ1n) is 9.07. The van der Waals surface area contributed by atoms with Gasteiger partial charge in [-0.25, -0.2) is 0 Å². The number of ether oxygens (including phenoxy) is 4. The molecule has 0 N–H and O–H groups in total. The lowest BCUT2D eigenvalue weighted by atomic mass is 9.89. The molecule has 0 radical (unpaired) electrons. The highest BCUT2D eigenvalue weighted by Gasteiger charge is 2.66. The van der Waals surface area contributed by atoms with E-state index in [9.17, 15) is 0 Å². The second kappa shape index (κ2) is 5.49. The zero-order valence-corrected chi connectivity index (χ0v) is 14.9. The van der Waals surface area contributed by atoms with E-state index < -0.39 is 11.4 Å². The van der Waals surface area contributed by atoms with Crippen molar-refractivity contribution in [3.05, 3.63) is 35.9 Å². The summed E-state index contributed by atoms with van der Waals surface area (Å²) in [5, 5.41) is 2.07. The van der Waals surface area contributed by atoms with Gasteiger partial charge >= 0.3 is 0 Å². The van der Waals surface area contributed by atoms with Crippen LogP contribution in [-0.4, -0.2) is 53.7 Å². The summed E-state index contributed by atoms with van der Waals surface area (Å²) in [4.78, 5) is 6.13. The first-order chi connectivity index (χ1) is 11.9. The summed E-state index contributed by atoms with van der Waals surface area (Å²) in [7, 11) is 0. The second-order valence-corrected chi connectivity index (χ2v) is 8.07. The molecule has 0 unspecified atom stereocenters. The molecule has 5 rings (SSSR count). The van der Waals surface area contributed by atoms with E-state index in [4.69, 9.17) is 23.8 Å². The van der Waals surface area contributed by atoms with Crippen LogP contribution < -0.4 is 0 Å². The summed E-state index contributed by atoms with van der Waals surface area (Å²) in [5.74, 6) is -0.641. The Hall–Kier alpha value is -1.02. The minimum atomic E-state index is -0.641. The summed E-state index contributed by atoms with van der Waals surface area (Å²) in [6.07, 6.45) is 0.213. The molecule has 0 aromatic heterocycles. The number of fused-ring (bicyclic) bond motifs is 6. The van der Waals surface area contributed by atoms with Crippen LogP contribution in [0, 0.1) is 0 Å². The summed E-state index contributed by atoms with van der Waals surface area (Å²) >= 11 is 0. The maximum Gasteiger partial charge on any atom is 0.190 e. The maximum absolute atomic E-state index is 6.31. The molecule has 136 valence electrons. The van der Waals surface area contributed by atoms with Crippen LogP contribution in [0.1, 0.15) is 32.8 Å². The highest BCUT2D eigenvalue weighted by atomic mass is 16.8. The molecule has 4 saturated heterocycles. The van der Waals surface area contributed by atoms with Crippen molar-refractivity contribution >= 4 is 0 Å². The fraction of sp³-hybridized carbons (Fsp3) is 0.684. The largest absolute Gasteiger partial charge is 0.367 e. The van der Waals surface area contributed by atoms with Crippen molar-refractivity contribution < 1.29 is 23.8 Å². The number of rotatable bonds is 2. The van der Waals surface area contributed by atoms with Crippen LogP contribution in [0.4, 0.5) is 0 Å². The minimum absolute atomic E-state index is 0.0634. The average molecular weight is 347 g/mol. The summed E-state index contributed by atoms with van der Waals surface area (Å²) in [6.45, 7) is 7.21. The molecule has 25 heavy (non-hydrogen) atoms. The lowest BCUT2D eigenvalue weighted by Gasteiger charge is -2.39. The molecule has 4 aliphatic rings. The lowest BCUT2D eigenvalue weighted by Crippen LogP contribution is -2.55. The number of benzene rings is 1. The number of nitrogens with zero attached hydrogens (tertiary/aromatic N) is 1. The zero-order valence-electron chi connectivity index (χ0n) is 14.9. The van der Waals surface area contributed by atoms with Gasteiger partial charge in [-0.15, -0.1) is 0 Å². The Labute approximate surface area is 147 Å². The lowest BCUT2D eigenvalue weighted by molar-refractivity contribution is -0.275. The standard InChI is InChI=1S/C19H25NO5/c1-18(2)23-16-17(24-18)22-15-14-9-13(11-21-19(15,16)3)25-20(14)10-12-7-5-4-6-8-12/h4-8,13-17H,9-11H2,1-3H3/t13-,14+,15-,16+,17-,19+/m1/s1. The monoisotopic (exact) mass is 347 g/mol. The van der Waals surface area contributed by atoms with Crippen LogP contribution in [0.3, 0.4) is 0 Å². The molecule has 6 nitrogen and oxygen atoms in total. The van der Waals surface area contributed by atoms with Gasteiger partial charge in [-0.05, 0) is 32.8 Å². The smallest absolute Gasteiger partial charge is 0.190 e. The van der Waals surface area contributed by atoms with Crippen molar-refractivity contribution in [3.63, 3.8) is 0 Å². The first-order valence-corrected chi connectivity index (χ1v) is 9.07. The van der Waals surface area contributed by atoms with Gasteiger partial charge < -0.3 is 18.9 Å². The van der Waals surface area contributed by atoms with E-state index in [1.54, 1.807) is 0 Å². The van der Waals surface area contributed by atoms with E-state index in [2.05, 4.69) is 36.3 Å². The Morgan fingerprint density at radius 3 is 2.68 bits per heavy atom. The van der Waals surface area contributed by atoms with Gasteiger partial charge in [0.25, 0.3) is 0 Å². The van der Waals surface area contributed by atoms with Crippen LogP contribution in [0.25, 0.3) is 0 Å². The first kappa shape index (κ1) is 16.2. The molecule has 2 bridgehead atoms. The predicted molar refractivity (Wildman–Crippen MR) is 88.3 cm³/mol. The Kier molecular flexibility index (Phi) is 3.55. The summed E-state index contributed by atoms with van der Waals surface area (Å²) in [6, 6.07) is 10.5. The third-order valence-corrected chi connectivity index (χ3v) is 5.74. The molecule has 4 heterocycles. The fourth-order valence-corrected chi connectivity index (χ4v) is 4.56. The van der Waals surface area contributed by atoms with Gasteiger partial charge in [0.1, 0.15) is 23.9 Å². The molecule has 4 aliphatic heterocycles. The van der Waals surface area contributed by atoms with E-state index in [1.807, 2.05) is 19.9 Å². The highest BCUT2D eigenvalue weighted by Crippen LogP contribution is 2.49. The average Bonchev–Trinajstić information content (AvgIpc) is 3.14. The van der Waals surface area contributed by atoms with E-state index in [1.165, 1.54) is 5.56 Å². The molecular weight excluding hydrogens is 322 g/mol. The second-order valence-electron chi connectivity index (χ2n) is 8.07. The zero-order chi connectivity index (χ0) is 17.2. The van der Waals surface area contributed by atoms with Crippen molar-refractivity contribution in [1.82, 2.24) is 5.06 Å². The van der Waals surface area contributed by atoms with E-state index in [0.717, 1.165) is 13.0 Å². The van der Waals surface area contributed by atoms with E-state index in [0.29, 0.717) is 6.61 Å². The molecule has 1 aromatic rings. The van der Waals surface area contributed by atoms with Gasteiger partial charge in [0.05, 0.1) is 12.6 Å². The van der Waals surface area contributed by atoms with Gasteiger partial charge in [0, 0.05) is 6.54 Å². The van der Waals surface area contributed by atoms with Crippen molar-refractivity contribution in [1.29, 1.82) is 0 Å². The maximum atomic E-state index is 6.31. The molecule has 1 aromatic carbocycles. The summed E-state index contributed by atoms with van der Waals surface area (Å²) < 4.78 is 24.7. The highest BCUT2D eigenvalue weighted by molar-refractivity contribution is 5.16. The van der Waals surface area contributed by atoms with Crippen molar-refractivity contribution in [3.8, 4) is 0 Å².